The predicted molar refractivity (Wildman–Crippen MR) is 133 cm³/mol. The summed E-state index contributed by atoms with van der Waals surface area (Å²) in [5, 5.41) is 2.07. The predicted octanol–water partition coefficient (Wildman–Crippen LogP) is 6.28. The average Bonchev–Trinajstić information content (AvgIpc) is 3.50. The van der Waals surface area contributed by atoms with Gasteiger partial charge in [-0.05, 0) is 84.5 Å². The first-order chi connectivity index (χ1) is 17.2. The molecule has 182 valence electrons. The molecule has 2 bridgehead atoms. The number of carbonyl (C=O) groups excluding carboxylic acids is 1. The van der Waals surface area contributed by atoms with Crippen molar-refractivity contribution in [2.24, 2.45) is 17.8 Å². The highest BCUT2D eigenvalue weighted by Crippen LogP contribution is 2.50. The molecule has 5 atom stereocenters. The summed E-state index contributed by atoms with van der Waals surface area (Å²) in [6.45, 7) is 1.40. The highest BCUT2D eigenvalue weighted by atomic mass is 16.7. The summed E-state index contributed by atoms with van der Waals surface area (Å²) in [6, 6.07) is 22.1. The zero-order valence-corrected chi connectivity index (χ0v) is 19.9. The maximum absolute atomic E-state index is 13.0. The van der Waals surface area contributed by atoms with Crippen molar-refractivity contribution in [2.75, 3.05) is 6.61 Å². The Kier molecular flexibility index (Phi) is 6.45. The zero-order chi connectivity index (χ0) is 23.6. The Morgan fingerprint density at radius 3 is 2.40 bits per heavy atom. The molecular formula is C30H32O5. The summed E-state index contributed by atoms with van der Waals surface area (Å²) >= 11 is 0. The molecule has 5 unspecified atom stereocenters. The monoisotopic (exact) mass is 472 g/mol. The largest absolute Gasteiger partial charge is 0.465 e. The molecule has 5 nitrogen and oxygen atoms in total. The van der Waals surface area contributed by atoms with Crippen LogP contribution < -0.4 is 9.47 Å². The number of esters is 1. The summed E-state index contributed by atoms with van der Waals surface area (Å²) in [4.78, 5) is 13.0. The first-order valence-corrected chi connectivity index (χ1v) is 12.9. The van der Waals surface area contributed by atoms with E-state index >= 15 is 0 Å². The van der Waals surface area contributed by atoms with E-state index in [0.717, 1.165) is 61.7 Å². The fraction of sp³-hybridized carbons (Fsp3) is 0.433. The van der Waals surface area contributed by atoms with E-state index in [4.69, 9.17) is 18.9 Å². The van der Waals surface area contributed by atoms with Crippen LogP contribution in [0.3, 0.4) is 0 Å². The van der Waals surface area contributed by atoms with E-state index in [1.807, 2.05) is 54.6 Å². The topological polar surface area (TPSA) is 54.0 Å². The number of rotatable bonds is 7. The van der Waals surface area contributed by atoms with E-state index in [9.17, 15) is 4.79 Å². The van der Waals surface area contributed by atoms with Crippen LogP contribution in [-0.2, 0) is 20.9 Å². The minimum Gasteiger partial charge on any atom is -0.465 e. The van der Waals surface area contributed by atoms with Gasteiger partial charge in [-0.15, -0.1) is 0 Å². The molecule has 6 rings (SSSR count). The van der Waals surface area contributed by atoms with Gasteiger partial charge in [-0.2, -0.15) is 0 Å². The van der Waals surface area contributed by atoms with Crippen LogP contribution in [-0.4, -0.2) is 25.0 Å². The van der Waals surface area contributed by atoms with Crippen molar-refractivity contribution in [3.05, 3.63) is 72.3 Å². The molecule has 2 saturated carbocycles. The van der Waals surface area contributed by atoms with E-state index in [1.165, 1.54) is 5.56 Å². The summed E-state index contributed by atoms with van der Waals surface area (Å²) in [6.07, 6.45) is 6.12. The van der Waals surface area contributed by atoms with Gasteiger partial charge in [-0.1, -0.05) is 42.5 Å². The number of fused-ring (bicyclic) bond motifs is 3. The first-order valence-electron chi connectivity index (χ1n) is 12.9. The lowest BCUT2D eigenvalue weighted by Crippen LogP contribution is -2.31. The molecule has 1 saturated heterocycles. The van der Waals surface area contributed by atoms with E-state index in [1.54, 1.807) is 0 Å². The van der Waals surface area contributed by atoms with Gasteiger partial charge in [-0.3, -0.25) is 4.79 Å². The Morgan fingerprint density at radius 2 is 1.66 bits per heavy atom. The maximum atomic E-state index is 13.0. The zero-order valence-electron chi connectivity index (χ0n) is 19.9. The number of hydrogen-bond acceptors (Lipinski definition) is 5. The molecule has 0 spiro atoms. The van der Waals surface area contributed by atoms with Crippen LogP contribution in [0.15, 0.2) is 66.7 Å². The van der Waals surface area contributed by atoms with Gasteiger partial charge >= 0.3 is 5.97 Å². The van der Waals surface area contributed by atoms with Crippen molar-refractivity contribution in [3.8, 4) is 11.5 Å². The van der Waals surface area contributed by atoms with Crippen LogP contribution in [0.4, 0.5) is 0 Å². The van der Waals surface area contributed by atoms with Crippen LogP contribution >= 0.6 is 0 Å². The molecule has 2 aliphatic carbocycles. The highest BCUT2D eigenvalue weighted by Gasteiger charge is 2.49. The van der Waals surface area contributed by atoms with Crippen molar-refractivity contribution in [3.63, 3.8) is 0 Å². The SMILES string of the molecule is O=C(Oc1ccc2cc(OC3CCCCO3)ccc2c1)C1CC2CC1CC2OCc1ccccc1. The van der Waals surface area contributed by atoms with Gasteiger partial charge in [0.1, 0.15) is 11.5 Å². The smallest absolute Gasteiger partial charge is 0.314 e. The Hall–Kier alpha value is -2.89. The molecule has 3 aliphatic rings. The molecule has 5 heteroatoms. The second-order valence-electron chi connectivity index (χ2n) is 10.2. The highest BCUT2D eigenvalue weighted by molar-refractivity contribution is 5.86. The normalized spacial score (nSPS) is 27.7. The van der Waals surface area contributed by atoms with Crippen molar-refractivity contribution in [1.82, 2.24) is 0 Å². The summed E-state index contributed by atoms with van der Waals surface area (Å²) in [5.41, 5.74) is 1.20. The molecule has 1 heterocycles. The minimum absolute atomic E-state index is 0.0291. The van der Waals surface area contributed by atoms with Crippen molar-refractivity contribution in [1.29, 1.82) is 0 Å². The third-order valence-corrected chi connectivity index (χ3v) is 7.81. The van der Waals surface area contributed by atoms with Crippen LogP contribution in [0.5, 0.6) is 11.5 Å². The third-order valence-electron chi connectivity index (χ3n) is 7.81. The van der Waals surface area contributed by atoms with Crippen molar-refractivity contribution < 1.29 is 23.7 Å². The lowest BCUT2D eigenvalue weighted by atomic mass is 9.87. The second-order valence-corrected chi connectivity index (χ2v) is 10.2. The van der Waals surface area contributed by atoms with Gasteiger partial charge in [-0.25, -0.2) is 0 Å². The Bertz CT molecular complexity index is 1170. The van der Waals surface area contributed by atoms with Gasteiger partial charge in [0.15, 0.2) is 6.29 Å². The molecule has 0 N–H and O–H groups in total. The van der Waals surface area contributed by atoms with Gasteiger partial charge in [0.2, 0.25) is 0 Å². The summed E-state index contributed by atoms with van der Waals surface area (Å²) in [7, 11) is 0. The van der Waals surface area contributed by atoms with Crippen LogP contribution in [0.25, 0.3) is 10.8 Å². The minimum atomic E-state index is -0.161. The number of carbonyl (C=O) groups is 1. The number of hydrogen-bond donors (Lipinski definition) is 0. The average molecular weight is 473 g/mol. The van der Waals surface area contributed by atoms with E-state index in [0.29, 0.717) is 24.2 Å². The van der Waals surface area contributed by atoms with E-state index in [-0.39, 0.29) is 24.3 Å². The van der Waals surface area contributed by atoms with Crippen molar-refractivity contribution >= 4 is 16.7 Å². The molecular weight excluding hydrogens is 440 g/mol. The molecule has 35 heavy (non-hydrogen) atoms. The second kappa shape index (κ2) is 10.00. The summed E-state index contributed by atoms with van der Waals surface area (Å²) in [5.74, 6) is 2.08. The van der Waals surface area contributed by atoms with Crippen LogP contribution in [0.2, 0.25) is 0 Å². The van der Waals surface area contributed by atoms with E-state index < -0.39 is 0 Å². The lowest BCUT2D eigenvalue weighted by molar-refractivity contribution is -0.141. The molecule has 0 radical (unpaired) electrons. The number of ether oxygens (including phenoxy) is 4. The lowest BCUT2D eigenvalue weighted by Gasteiger charge is -2.27. The van der Waals surface area contributed by atoms with E-state index in [2.05, 4.69) is 12.1 Å². The van der Waals surface area contributed by atoms with Crippen LogP contribution in [0.1, 0.15) is 44.1 Å². The van der Waals surface area contributed by atoms with Gasteiger partial charge in [0, 0.05) is 6.42 Å². The van der Waals surface area contributed by atoms with Gasteiger partial charge in [0.25, 0.3) is 0 Å². The molecule has 1 aliphatic heterocycles. The Labute approximate surface area is 206 Å². The third kappa shape index (κ3) is 5.07. The quantitative estimate of drug-likeness (QED) is 0.299. The Balaban J connectivity index is 1.04. The molecule has 3 aromatic carbocycles. The first kappa shape index (κ1) is 22.6. The fourth-order valence-corrected chi connectivity index (χ4v) is 5.98. The molecule has 3 aromatic rings. The fourth-order valence-electron chi connectivity index (χ4n) is 5.98. The summed E-state index contributed by atoms with van der Waals surface area (Å²) < 4.78 is 23.7. The molecule has 0 aromatic heterocycles. The van der Waals surface area contributed by atoms with Gasteiger partial charge in [0.05, 0.1) is 25.2 Å². The number of benzene rings is 3. The van der Waals surface area contributed by atoms with Crippen molar-refractivity contribution in [2.45, 2.75) is 57.5 Å². The Morgan fingerprint density at radius 1 is 0.857 bits per heavy atom. The standard InChI is InChI=1S/C30H32O5/c31-30(27-17-24-14-23(27)18-28(24)33-19-20-6-2-1-3-7-20)35-26-12-10-21-15-25(11-9-22(21)16-26)34-29-8-4-5-13-32-29/h1-3,6-7,9-12,15-16,23-24,27-29H,4-5,8,13-14,17-19H2. The van der Waals surface area contributed by atoms with Crippen LogP contribution in [0, 0.1) is 17.8 Å². The molecule has 0 amide bonds. The van der Waals surface area contributed by atoms with Gasteiger partial charge < -0.3 is 18.9 Å². The maximum Gasteiger partial charge on any atom is 0.314 e. The molecule has 3 fully saturated rings.